The monoisotopic (exact) mass is 260 g/mol. The number of halogens is 2. The van der Waals surface area contributed by atoms with Gasteiger partial charge in [-0.15, -0.1) is 34.4 Å². The van der Waals surface area contributed by atoms with Crippen molar-refractivity contribution in [3.63, 3.8) is 0 Å². The van der Waals surface area contributed by atoms with Gasteiger partial charge in [0.2, 0.25) is 0 Å². The summed E-state index contributed by atoms with van der Waals surface area (Å²) in [6.07, 6.45) is 0. The highest BCUT2D eigenvalue weighted by atomic mass is 35.7. The summed E-state index contributed by atoms with van der Waals surface area (Å²) in [4.78, 5) is 0. The maximum atomic E-state index is 6.43. The van der Waals surface area contributed by atoms with Gasteiger partial charge in [-0.05, 0) is 10.9 Å². The molecule has 0 heterocycles. The summed E-state index contributed by atoms with van der Waals surface area (Å²) in [7, 11) is -0.914. The van der Waals surface area contributed by atoms with Gasteiger partial charge in [-0.25, -0.2) is 0 Å². The van der Waals surface area contributed by atoms with E-state index < -0.39 is 15.5 Å². The van der Waals surface area contributed by atoms with Crippen LogP contribution in [0.25, 0.3) is 0 Å². The van der Waals surface area contributed by atoms with Crippen LogP contribution in [0.15, 0.2) is 42.6 Å². The molecule has 14 heavy (non-hydrogen) atoms. The predicted octanol–water partition coefficient (Wildman–Crippen LogP) is 2.93. The molecule has 0 N–H and O–H groups in total. The summed E-state index contributed by atoms with van der Waals surface area (Å²) in [5, 5.41) is 1.12. The molecule has 0 radical (unpaired) electrons. The van der Waals surface area contributed by atoms with E-state index in [4.69, 9.17) is 22.2 Å². The third-order valence-electron chi connectivity index (χ3n) is 2.18. The van der Waals surface area contributed by atoms with Crippen LogP contribution in [0.3, 0.4) is 0 Å². The average molecular weight is 261 g/mol. The molecule has 0 aliphatic rings. The molecule has 0 aliphatic heterocycles. The van der Waals surface area contributed by atoms with Gasteiger partial charge in [0, 0.05) is 0 Å². The summed E-state index contributed by atoms with van der Waals surface area (Å²) < 4.78 is 0. The molecular weight excluding hydrogens is 247 g/mol. The van der Waals surface area contributed by atoms with Crippen molar-refractivity contribution in [1.29, 1.82) is 0 Å². The number of hydrogen-bond donors (Lipinski definition) is 0. The molecule has 0 aromatic heterocycles. The molecule has 1 unspecified atom stereocenters. The van der Waals surface area contributed by atoms with Crippen molar-refractivity contribution in [3.05, 3.63) is 42.6 Å². The molecule has 0 aliphatic carbocycles. The molecule has 1 aromatic rings. The van der Waals surface area contributed by atoms with Crippen molar-refractivity contribution in [2.75, 3.05) is 0 Å². The quantitative estimate of drug-likeness (QED) is 0.577. The minimum atomic E-state index is -2.23. The van der Waals surface area contributed by atoms with Crippen LogP contribution >= 0.6 is 22.2 Å². The van der Waals surface area contributed by atoms with Gasteiger partial charge in [-0.1, -0.05) is 36.9 Å². The van der Waals surface area contributed by atoms with Gasteiger partial charge in [-0.3, -0.25) is 0 Å². The average Bonchev–Trinajstić information content (AvgIpc) is 2.18. The van der Waals surface area contributed by atoms with E-state index in [9.17, 15) is 0 Å². The first kappa shape index (κ1) is 12.0. The Morgan fingerprint density at radius 1 is 1.36 bits per heavy atom. The Morgan fingerprint density at radius 3 is 2.43 bits per heavy atom. The van der Waals surface area contributed by atoms with Crippen molar-refractivity contribution in [2.45, 2.75) is 12.2 Å². The van der Waals surface area contributed by atoms with Crippen LogP contribution in [0.2, 0.25) is 12.2 Å². The smallest absolute Gasteiger partial charge is 0.140 e. The first-order valence-electron chi connectivity index (χ1n) is 4.62. The van der Waals surface area contributed by atoms with Crippen LogP contribution in [0.4, 0.5) is 0 Å². The van der Waals surface area contributed by atoms with Crippen molar-refractivity contribution in [1.82, 2.24) is 0 Å². The Labute approximate surface area is 97.6 Å². The number of hydrogen-bond acceptors (Lipinski definition) is 0. The molecule has 0 fully saturated rings. The standard InChI is InChI=1S/C10H14Cl2Si2/c1-3-13(2)9-14(11,12)10-7-5-4-6-8-10/h3-8,13H,1,9H2,2H3. The van der Waals surface area contributed by atoms with Crippen molar-refractivity contribution in [2.24, 2.45) is 0 Å². The van der Waals surface area contributed by atoms with E-state index in [1.165, 1.54) is 0 Å². The molecule has 0 amide bonds. The summed E-state index contributed by atoms with van der Waals surface area (Å²) in [6.45, 7) is 3.80. The SMILES string of the molecule is C=C[SiH](C)C[Si](Cl)(Cl)c1ccccc1. The second-order valence-corrected chi connectivity index (χ2v) is 14.0. The van der Waals surface area contributed by atoms with Crippen LogP contribution in [0.5, 0.6) is 0 Å². The number of rotatable bonds is 4. The molecule has 0 spiro atoms. The topological polar surface area (TPSA) is 0 Å². The maximum Gasteiger partial charge on any atom is 0.278 e. The fraction of sp³-hybridized carbons (Fsp3) is 0.200. The molecule has 0 bridgehead atoms. The van der Waals surface area contributed by atoms with Gasteiger partial charge >= 0.3 is 0 Å². The lowest BCUT2D eigenvalue weighted by molar-refractivity contribution is 1.73. The highest BCUT2D eigenvalue weighted by molar-refractivity contribution is 7.52. The first-order chi connectivity index (χ1) is 6.56. The van der Waals surface area contributed by atoms with Gasteiger partial charge in [0.05, 0.1) is 8.80 Å². The highest BCUT2D eigenvalue weighted by Crippen LogP contribution is 2.21. The van der Waals surface area contributed by atoms with Crippen LogP contribution in [0.1, 0.15) is 0 Å². The molecule has 1 rings (SSSR count). The minimum Gasteiger partial charge on any atom is -0.140 e. The molecule has 1 atom stereocenters. The van der Waals surface area contributed by atoms with Gasteiger partial charge in [0.1, 0.15) is 0 Å². The van der Waals surface area contributed by atoms with Gasteiger partial charge in [0.25, 0.3) is 6.69 Å². The lowest BCUT2D eigenvalue weighted by Crippen LogP contribution is -2.39. The van der Waals surface area contributed by atoms with E-state index in [0.717, 1.165) is 10.9 Å². The Hall–Kier alpha value is -0.0262. The second kappa shape index (κ2) is 5.17. The third kappa shape index (κ3) is 3.28. The maximum absolute atomic E-state index is 6.43. The van der Waals surface area contributed by atoms with E-state index in [1.54, 1.807) is 0 Å². The zero-order valence-electron chi connectivity index (χ0n) is 8.21. The Bertz CT molecular complexity index is 298. The Morgan fingerprint density at radius 2 is 1.93 bits per heavy atom. The molecule has 76 valence electrons. The van der Waals surface area contributed by atoms with Gasteiger partial charge in [0.15, 0.2) is 0 Å². The summed E-state index contributed by atoms with van der Waals surface area (Å²) >= 11 is 12.9. The van der Waals surface area contributed by atoms with Crippen LogP contribution in [0, 0.1) is 0 Å². The van der Waals surface area contributed by atoms with Crippen molar-refractivity contribution >= 4 is 42.8 Å². The van der Waals surface area contributed by atoms with E-state index in [0.29, 0.717) is 0 Å². The third-order valence-corrected chi connectivity index (χ3v) is 12.9. The summed E-state index contributed by atoms with van der Waals surface area (Å²) in [5.74, 6) is 0. The lowest BCUT2D eigenvalue weighted by atomic mass is 10.4. The van der Waals surface area contributed by atoms with Crippen LogP contribution in [-0.2, 0) is 0 Å². The fourth-order valence-electron chi connectivity index (χ4n) is 1.29. The van der Waals surface area contributed by atoms with E-state index >= 15 is 0 Å². The summed E-state index contributed by atoms with van der Waals surface area (Å²) in [6, 6.07) is 10.0. The molecule has 0 nitrogen and oxygen atoms in total. The zero-order valence-corrected chi connectivity index (χ0v) is 11.9. The Kier molecular flexibility index (Phi) is 4.45. The molecule has 0 saturated carbocycles. The van der Waals surface area contributed by atoms with Gasteiger partial charge in [-0.2, -0.15) is 0 Å². The lowest BCUT2D eigenvalue weighted by Gasteiger charge is -2.18. The van der Waals surface area contributed by atoms with Crippen molar-refractivity contribution in [3.8, 4) is 0 Å². The fourth-order valence-corrected chi connectivity index (χ4v) is 11.9. The van der Waals surface area contributed by atoms with Crippen LogP contribution < -0.4 is 5.19 Å². The van der Waals surface area contributed by atoms with E-state index in [-0.39, 0.29) is 0 Å². The first-order valence-corrected chi connectivity index (χ1v) is 11.5. The largest absolute Gasteiger partial charge is 0.278 e. The molecular formula is C10H14Cl2Si2. The zero-order chi connectivity index (χ0) is 10.6. The normalized spacial score (nSPS) is 13.6. The molecule has 1 aromatic carbocycles. The van der Waals surface area contributed by atoms with Crippen LogP contribution in [-0.4, -0.2) is 15.5 Å². The predicted molar refractivity (Wildman–Crippen MR) is 71.6 cm³/mol. The molecule has 4 heteroatoms. The summed E-state index contributed by atoms with van der Waals surface area (Å²) in [5.41, 5.74) is 3.00. The molecule has 0 saturated heterocycles. The van der Waals surface area contributed by atoms with Crippen molar-refractivity contribution < 1.29 is 0 Å². The van der Waals surface area contributed by atoms with E-state index in [2.05, 4.69) is 13.1 Å². The Balaban J connectivity index is 2.80. The minimum absolute atomic E-state index is 0.914. The van der Waals surface area contributed by atoms with Gasteiger partial charge < -0.3 is 0 Å². The number of benzene rings is 1. The second-order valence-electron chi connectivity index (χ2n) is 3.49. The highest BCUT2D eigenvalue weighted by Gasteiger charge is 2.32. The van der Waals surface area contributed by atoms with E-state index in [1.807, 2.05) is 36.0 Å².